The van der Waals surface area contributed by atoms with Crippen molar-refractivity contribution in [2.24, 2.45) is 0 Å². The van der Waals surface area contributed by atoms with Crippen molar-refractivity contribution in [1.29, 1.82) is 0 Å². The molecule has 2 aromatic rings. The van der Waals surface area contributed by atoms with Gasteiger partial charge >= 0.3 is 0 Å². The van der Waals surface area contributed by atoms with E-state index in [0.717, 1.165) is 6.07 Å². The highest BCUT2D eigenvalue weighted by molar-refractivity contribution is 7.89. The number of nitrogens with one attached hydrogen (secondary N) is 1. The predicted molar refractivity (Wildman–Crippen MR) is 78.6 cm³/mol. The summed E-state index contributed by atoms with van der Waals surface area (Å²) in [6.07, 6.45) is 0. The summed E-state index contributed by atoms with van der Waals surface area (Å²) in [5.74, 6) is 0. The molecule has 2 rings (SSSR count). The number of nitrogens with zero attached hydrogens (tertiary/aromatic N) is 1. The lowest BCUT2D eigenvalue weighted by molar-refractivity contribution is -0.387. The smallest absolute Gasteiger partial charge is 0.258 e. The molecule has 110 valence electrons. The summed E-state index contributed by atoms with van der Waals surface area (Å²) in [6.45, 7) is -0.00502. The molecule has 0 aliphatic heterocycles. The van der Waals surface area contributed by atoms with Gasteiger partial charge in [-0.05, 0) is 23.8 Å². The third-order valence-electron chi connectivity index (χ3n) is 2.71. The number of para-hydroxylation sites is 1. The minimum absolute atomic E-state index is 0.00502. The SMILES string of the molecule is O=[N+]([O-])c1ccccc1S(=O)(=O)NCc1cccc(Cl)c1. The lowest BCUT2D eigenvalue weighted by atomic mass is 10.2. The molecule has 0 fully saturated rings. The Morgan fingerprint density at radius 1 is 1.14 bits per heavy atom. The Labute approximate surface area is 126 Å². The Hall–Kier alpha value is -1.96. The quantitative estimate of drug-likeness (QED) is 0.675. The van der Waals surface area contributed by atoms with Crippen LogP contribution in [0.4, 0.5) is 5.69 Å². The van der Waals surface area contributed by atoms with Crippen LogP contribution in [-0.4, -0.2) is 13.3 Å². The number of nitro benzene ring substituents is 1. The first-order valence-corrected chi connectivity index (χ1v) is 7.74. The topological polar surface area (TPSA) is 89.3 Å². The number of hydrogen-bond donors (Lipinski definition) is 1. The van der Waals surface area contributed by atoms with Crippen LogP contribution < -0.4 is 4.72 Å². The van der Waals surface area contributed by atoms with Gasteiger partial charge in [0, 0.05) is 17.6 Å². The molecule has 0 spiro atoms. The van der Waals surface area contributed by atoms with E-state index in [0.29, 0.717) is 10.6 Å². The van der Waals surface area contributed by atoms with Crippen LogP contribution in [0.3, 0.4) is 0 Å². The van der Waals surface area contributed by atoms with Gasteiger partial charge in [-0.3, -0.25) is 10.1 Å². The molecule has 8 heteroatoms. The van der Waals surface area contributed by atoms with Crippen molar-refractivity contribution in [3.8, 4) is 0 Å². The monoisotopic (exact) mass is 326 g/mol. The molecule has 0 aliphatic rings. The minimum Gasteiger partial charge on any atom is -0.258 e. The number of hydrogen-bond acceptors (Lipinski definition) is 4. The van der Waals surface area contributed by atoms with Gasteiger partial charge in [0.05, 0.1) is 4.92 Å². The summed E-state index contributed by atoms with van der Waals surface area (Å²) in [5, 5.41) is 11.4. The van der Waals surface area contributed by atoms with E-state index in [-0.39, 0.29) is 11.4 Å². The van der Waals surface area contributed by atoms with Crippen LogP contribution in [0.5, 0.6) is 0 Å². The van der Waals surface area contributed by atoms with E-state index in [4.69, 9.17) is 11.6 Å². The lowest BCUT2D eigenvalue weighted by Gasteiger charge is -2.07. The van der Waals surface area contributed by atoms with Crippen LogP contribution in [0.2, 0.25) is 5.02 Å². The molecule has 21 heavy (non-hydrogen) atoms. The Balaban J connectivity index is 2.25. The van der Waals surface area contributed by atoms with Gasteiger partial charge in [-0.2, -0.15) is 0 Å². The van der Waals surface area contributed by atoms with Gasteiger partial charge in [0.25, 0.3) is 5.69 Å². The Bertz CT molecular complexity index is 777. The highest BCUT2D eigenvalue weighted by Gasteiger charge is 2.24. The van der Waals surface area contributed by atoms with Crippen molar-refractivity contribution in [2.45, 2.75) is 11.4 Å². The Morgan fingerprint density at radius 3 is 2.52 bits per heavy atom. The first-order chi connectivity index (χ1) is 9.90. The second-order valence-corrected chi connectivity index (χ2v) is 6.35. The summed E-state index contributed by atoms with van der Waals surface area (Å²) in [6, 6.07) is 11.9. The van der Waals surface area contributed by atoms with E-state index in [1.165, 1.54) is 18.2 Å². The van der Waals surface area contributed by atoms with Crippen LogP contribution in [0.15, 0.2) is 53.4 Å². The van der Waals surface area contributed by atoms with Crippen molar-refractivity contribution in [2.75, 3.05) is 0 Å². The fourth-order valence-electron chi connectivity index (χ4n) is 1.74. The zero-order chi connectivity index (χ0) is 15.5. The minimum atomic E-state index is -3.98. The average Bonchev–Trinajstić information content (AvgIpc) is 2.45. The maximum absolute atomic E-state index is 12.2. The van der Waals surface area contributed by atoms with E-state index < -0.39 is 20.6 Å². The number of sulfonamides is 1. The molecule has 6 nitrogen and oxygen atoms in total. The standard InChI is InChI=1S/C13H11ClN2O4S/c14-11-5-3-4-10(8-11)9-15-21(19,20)13-7-2-1-6-12(13)16(17)18/h1-8,15H,9H2. The zero-order valence-electron chi connectivity index (χ0n) is 10.7. The van der Waals surface area contributed by atoms with E-state index in [9.17, 15) is 18.5 Å². The maximum Gasteiger partial charge on any atom is 0.289 e. The summed E-state index contributed by atoms with van der Waals surface area (Å²) >= 11 is 5.81. The van der Waals surface area contributed by atoms with E-state index in [1.807, 2.05) is 0 Å². The van der Waals surface area contributed by atoms with Crippen molar-refractivity contribution in [3.05, 3.63) is 69.2 Å². The van der Waals surface area contributed by atoms with Crippen LogP contribution in [0.1, 0.15) is 5.56 Å². The van der Waals surface area contributed by atoms with E-state index >= 15 is 0 Å². The summed E-state index contributed by atoms with van der Waals surface area (Å²) < 4.78 is 26.7. The fourth-order valence-corrected chi connectivity index (χ4v) is 3.14. The van der Waals surface area contributed by atoms with Crippen molar-refractivity contribution in [1.82, 2.24) is 4.72 Å². The van der Waals surface area contributed by atoms with E-state index in [2.05, 4.69) is 4.72 Å². The molecule has 0 bridgehead atoms. The molecular formula is C13H11ClN2O4S. The van der Waals surface area contributed by atoms with E-state index in [1.54, 1.807) is 24.3 Å². The average molecular weight is 327 g/mol. The van der Waals surface area contributed by atoms with Gasteiger partial charge in [-0.25, -0.2) is 13.1 Å². The third kappa shape index (κ3) is 3.78. The second kappa shape index (κ2) is 6.21. The van der Waals surface area contributed by atoms with Crippen LogP contribution >= 0.6 is 11.6 Å². The highest BCUT2D eigenvalue weighted by atomic mass is 35.5. The zero-order valence-corrected chi connectivity index (χ0v) is 12.3. The van der Waals surface area contributed by atoms with Gasteiger partial charge in [0.1, 0.15) is 0 Å². The Morgan fingerprint density at radius 2 is 1.86 bits per heavy atom. The summed E-state index contributed by atoms with van der Waals surface area (Å²) in [5.41, 5.74) is 0.195. The van der Waals surface area contributed by atoms with Crippen LogP contribution in [0.25, 0.3) is 0 Å². The fraction of sp³-hybridized carbons (Fsp3) is 0.0769. The molecule has 0 atom stereocenters. The number of benzene rings is 2. The molecule has 0 saturated heterocycles. The molecule has 0 saturated carbocycles. The van der Waals surface area contributed by atoms with Crippen molar-refractivity contribution < 1.29 is 13.3 Å². The van der Waals surface area contributed by atoms with Gasteiger partial charge in [-0.15, -0.1) is 0 Å². The van der Waals surface area contributed by atoms with Crippen LogP contribution in [0, 0.1) is 10.1 Å². The molecule has 1 N–H and O–H groups in total. The number of nitro groups is 1. The maximum atomic E-state index is 12.2. The molecule has 0 unspecified atom stereocenters. The molecule has 0 aliphatic carbocycles. The van der Waals surface area contributed by atoms with Crippen molar-refractivity contribution >= 4 is 27.3 Å². The van der Waals surface area contributed by atoms with Gasteiger partial charge in [0.2, 0.25) is 10.0 Å². The van der Waals surface area contributed by atoms with Gasteiger partial charge in [0.15, 0.2) is 4.90 Å². The van der Waals surface area contributed by atoms with Crippen LogP contribution in [-0.2, 0) is 16.6 Å². The van der Waals surface area contributed by atoms with Crippen molar-refractivity contribution in [3.63, 3.8) is 0 Å². The lowest BCUT2D eigenvalue weighted by Crippen LogP contribution is -2.24. The molecule has 0 heterocycles. The number of rotatable bonds is 5. The molecule has 2 aromatic carbocycles. The highest BCUT2D eigenvalue weighted by Crippen LogP contribution is 2.23. The largest absolute Gasteiger partial charge is 0.289 e. The molecule has 0 aromatic heterocycles. The molecule has 0 radical (unpaired) electrons. The van der Waals surface area contributed by atoms with Gasteiger partial charge < -0.3 is 0 Å². The summed E-state index contributed by atoms with van der Waals surface area (Å²) in [4.78, 5) is 9.79. The Kier molecular flexibility index (Phi) is 4.56. The normalized spacial score (nSPS) is 11.3. The molecular weight excluding hydrogens is 316 g/mol. The third-order valence-corrected chi connectivity index (χ3v) is 4.39. The van der Waals surface area contributed by atoms with Gasteiger partial charge in [-0.1, -0.05) is 35.9 Å². The second-order valence-electron chi connectivity index (χ2n) is 4.18. The first-order valence-electron chi connectivity index (χ1n) is 5.88. The summed E-state index contributed by atoms with van der Waals surface area (Å²) in [7, 11) is -3.98. The number of halogens is 1. The first kappa shape index (κ1) is 15.4. The molecule has 0 amide bonds. The predicted octanol–water partition coefficient (Wildman–Crippen LogP) is 2.73.